The van der Waals surface area contributed by atoms with Gasteiger partial charge < -0.3 is 5.32 Å². The molecule has 19 heavy (non-hydrogen) atoms. The largest absolute Gasteiger partial charge is 0.313 e. The van der Waals surface area contributed by atoms with Gasteiger partial charge in [-0.3, -0.25) is 10.1 Å². The summed E-state index contributed by atoms with van der Waals surface area (Å²) in [6.45, 7) is 7.54. The third kappa shape index (κ3) is 5.20. The summed E-state index contributed by atoms with van der Waals surface area (Å²) in [6, 6.07) is 7.25. The number of thioether (sulfide) groups is 1. The molecule has 0 heterocycles. The van der Waals surface area contributed by atoms with Gasteiger partial charge in [0.15, 0.2) is 0 Å². The number of benzene rings is 1. The molecule has 0 amide bonds. The predicted octanol–water partition coefficient (Wildman–Crippen LogP) is 3.71. The molecule has 5 heteroatoms. The first-order valence-electron chi connectivity index (χ1n) is 6.69. The fourth-order valence-corrected chi connectivity index (χ4v) is 2.97. The van der Waals surface area contributed by atoms with E-state index in [1.807, 2.05) is 12.1 Å². The van der Waals surface area contributed by atoms with Crippen LogP contribution in [0.4, 0.5) is 5.69 Å². The van der Waals surface area contributed by atoms with Crippen molar-refractivity contribution in [2.75, 3.05) is 12.3 Å². The van der Waals surface area contributed by atoms with Crippen molar-refractivity contribution in [3.8, 4) is 0 Å². The molecular weight excluding hydrogens is 260 g/mol. The SMILES string of the molecule is CCNC(CSc1ccc([N+](=O)[O-])cc1)C(C)CC. The molecule has 1 aromatic carbocycles. The molecule has 0 aliphatic carbocycles. The standard InChI is InChI=1S/C14H22N2O2S/c1-4-11(3)14(15-5-2)10-19-13-8-6-12(7-9-13)16(17)18/h6-9,11,14-15H,4-5,10H2,1-3H3. The monoisotopic (exact) mass is 282 g/mol. The van der Waals surface area contributed by atoms with Gasteiger partial charge in [-0.2, -0.15) is 0 Å². The third-order valence-electron chi connectivity index (χ3n) is 3.27. The lowest BCUT2D eigenvalue weighted by molar-refractivity contribution is -0.384. The first kappa shape index (κ1) is 16.0. The second kappa shape index (κ2) is 8.17. The maximum atomic E-state index is 10.6. The van der Waals surface area contributed by atoms with E-state index >= 15 is 0 Å². The Hall–Kier alpha value is -1.07. The molecule has 0 aliphatic rings. The minimum Gasteiger partial charge on any atom is -0.313 e. The molecule has 2 unspecified atom stereocenters. The normalized spacial score (nSPS) is 14.1. The van der Waals surface area contributed by atoms with Crippen LogP contribution in [0, 0.1) is 16.0 Å². The second-order valence-electron chi connectivity index (χ2n) is 4.61. The van der Waals surface area contributed by atoms with Gasteiger partial charge in [0.25, 0.3) is 5.69 Å². The highest BCUT2D eigenvalue weighted by molar-refractivity contribution is 7.99. The van der Waals surface area contributed by atoms with Crippen LogP contribution in [0.1, 0.15) is 27.2 Å². The molecule has 0 saturated heterocycles. The van der Waals surface area contributed by atoms with Crippen LogP contribution >= 0.6 is 11.8 Å². The highest BCUT2D eigenvalue weighted by Crippen LogP contribution is 2.24. The number of nitro benzene ring substituents is 1. The van der Waals surface area contributed by atoms with Crippen molar-refractivity contribution in [2.45, 2.75) is 38.1 Å². The third-order valence-corrected chi connectivity index (χ3v) is 4.41. The van der Waals surface area contributed by atoms with E-state index in [9.17, 15) is 10.1 Å². The Kier molecular flexibility index (Phi) is 6.87. The molecule has 106 valence electrons. The maximum absolute atomic E-state index is 10.6. The molecule has 0 aliphatic heterocycles. The lowest BCUT2D eigenvalue weighted by Gasteiger charge is -2.23. The Morgan fingerprint density at radius 1 is 1.32 bits per heavy atom. The van der Waals surface area contributed by atoms with E-state index in [1.165, 1.54) is 0 Å². The number of nitro groups is 1. The van der Waals surface area contributed by atoms with Gasteiger partial charge in [-0.05, 0) is 24.6 Å². The van der Waals surface area contributed by atoms with E-state index in [1.54, 1.807) is 23.9 Å². The van der Waals surface area contributed by atoms with Gasteiger partial charge in [-0.25, -0.2) is 0 Å². The average Bonchev–Trinajstić information content (AvgIpc) is 2.43. The Morgan fingerprint density at radius 2 is 1.95 bits per heavy atom. The first-order chi connectivity index (χ1) is 9.08. The Bertz CT molecular complexity index is 395. The number of nitrogens with zero attached hydrogens (tertiary/aromatic N) is 1. The lowest BCUT2D eigenvalue weighted by atomic mass is 10.0. The Morgan fingerprint density at radius 3 is 2.42 bits per heavy atom. The van der Waals surface area contributed by atoms with E-state index in [0.29, 0.717) is 12.0 Å². The molecule has 4 nitrogen and oxygen atoms in total. The number of nitrogens with one attached hydrogen (secondary N) is 1. The molecule has 0 aromatic heterocycles. The minimum absolute atomic E-state index is 0.148. The van der Waals surface area contributed by atoms with Gasteiger partial charge in [-0.15, -0.1) is 11.8 Å². The van der Waals surface area contributed by atoms with E-state index in [0.717, 1.165) is 23.6 Å². The summed E-state index contributed by atoms with van der Waals surface area (Å²) in [4.78, 5) is 11.3. The fourth-order valence-electron chi connectivity index (χ4n) is 1.82. The molecule has 0 fully saturated rings. The summed E-state index contributed by atoms with van der Waals surface area (Å²) in [5.41, 5.74) is 0.148. The maximum Gasteiger partial charge on any atom is 0.269 e. The van der Waals surface area contributed by atoms with Crippen molar-refractivity contribution in [1.29, 1.82) is 0 Å². The fraction of sp³-hybridized carbons (Fsp3) is 0.571. The van der Waals surface area contributed by atoms with Crippen molar-refractivity contribution in [1.82, 2.24) is 5.32 Å². The summed E-state index contributed by atoms with van der Waals surface area (Å²) in [7, 11) is 0. The molecule has 1 aromatic rings. The van der Waals surface area contributed by atoms with Gasteiger partial charge in [-0.1, -0.05) is 27.2 Å². The molecule has 0 saturated carbocycles. The summed E-state index contributed by atoms with van der Waals surface area (Å²) in [5, 5.41) is 14.1. The topological polar surface area (TPSA) is 55.2 Å². The molecule has 0 radical (unpaired) electrons. The average molecular weight is 282 g/mol. The van der Waals surface area contributed by atoms with Gasteiger partial charge >= 0.3 is 0 Å². The van der Waals surface area contributed by atoms with Crippen LogP contribution in [0.15, 0.2) is 29.2 Å². The second-order valence-corrected chi connectivity index (χ2v) is 5.71. The summed E-state index contributed by atoms with van der Waals surface area (Å²) < 4.78 is 0. The van der Waals surface area contributed by atoms with E-state index < -0.39 is 0 Å². The number of non-ortho nitro benzene ring substituents is 1. The quantitative estimate of drug-likeness (QED) is 0.448. The van der Waals surface area contributed by atoms with Crippen molar-refractivity contribution in [3.63, 3.8) is 0 Å². The molecule has 1 N–H and O–H groups in total. The van der Waals surface area contributed by atoms with Crippen molar-refractivity contribution in [3.05, 3.63) is 34.4 Å². The van der Waals surface area contributed by atoms with Gasteiger partial charge in [0.05, 0.1) is 4.92 Å². The highest BCUT2D eigenvalue weighted by Gasteiger charge is 2.15. The number of rotatable bonds is 8. The molecule has 1 rings (SSSR count). The summed E-state index contributed by atoms with van der Waals surface area (Å²) in [5.74, 6) is 1.62. The Balaban J connectivity index is 2.56. The smallest absolute Gasteiger partial charge is 0.269 e. The van der Waals surface area contributed by atoms with Crippen LogP contribution < -0.4 is 5.32 Å². The highest BCUT2D eigenvalue weighted by atomic mass is 32.2. The number of hydrogen-bond acceptors (Lipinski definition) is 4. The zero-order valence-electron chi connectivity index (χ0n) is 11.8. The Labute approximate surface area is 119 Å². The van der Waals surface area contributed by atoms with Crippen molar-refractivity contribution in [2.24, 2.45) is 5.92 Å². The molecule has 2 atom stereocenters. The lowest BCUT2D eigenvalue weighted by Crippen LogP contribution is -2.36. The first-order valence-corrected chi connectivity index (χ1v) is 7.67. The van der Waals surface area contributed by atoms with Crippen LogP contribution in [0.3, 0.4) is 0 Å². The van der Waals surface area contributed by atoms with Gasteiger partial charge in [0.1, 0.15) is 0 Å². The van der Waals surface area contributed by atoms with E-state index in [2.05, 4.69) is 26.1 Å². The van der Waals surface area contributed by atoms with Crippen LogP contribution in [0.2, 0.25) is 0 Å². The molecule has 0 spiro atoms. The van der Waals surface area contributed by atoms with Crippen molar-refractivity contribution >= 4 is 17.4 Å². The van der Waals surface area contributed by atoms with Crippen LogP contribution in [0.5, 0.6) is 0 Å². The summed E-state index contributed by atoms with van der Waals surface area (Å²) in [6.07, 6.45) is 1.15. The van der Waals surface area contributed by atoms with E-state index in [4.69, 9.17) is 0 Å². The number of hydrogen-bond donors (Lipinski definition) is 1. The zero-order valence-corrected chi connectivity index (χ0v) is 12.6. The molecular formula is C14H22N2O2S. The van der Waals surface area contributed by atoms with Crippen LogP contribution in [-0.4, -0.2) is 23.3 Å². The molecule has 0 bridgehead atoms. The predicted molar refractivity (Wildman–Crippen MR) is 80.7 cm³/mol. The van der Waals surface area contributed by atoms with Crippen LogP contribution in [0.25, 0.3) is 0 Å². The van der Waals surface area contributed by atoms with Crippen LogP contribution in [-0.2, 0) is 0 Å². The van der Waals surface area contributed by atoms with Crippen molar-refractivity contribution < 1.29 is 4.92 Å². The minimum atomic E-state index is -0.366. The van der Waals surface area contributed by atoms with E-state index in [-0.39, 0.29) is 10.6 Å². The van der Waals surface area contributed by atoms with Gasteiger partial charge in [0, 0.05) is 28.8 Å². The van der Waals surface area contributed by atoms with Gasteiger partial charge in [0.2, 0.25) is 0 Å². The summed E-state index contributed by atoms with van der Waals surface area (Å²) >= 11 is 1.75. The zero-order chi connectivity index (χ0) is 14.3.